The first kappa shape index (κ1) is 15.9. The molecule has 0 amide bonds. The second-order valence-corrected chi connectivity index (χ2v) is 6.83. The van der Waals surface area contributed by atoms with Crippen LogP contribution in [-0.2, 0) is 16.4 Å². The molecule has 0 aliphatic rings. The van der Waals surface area contributed by atoms with E-state index in [-0.39, 0.29) is 23.7 Å². The third kappa shape index (κ3) is 5.14. The zero-order chi connectivity index (χ0) is 14.5. The van der Waals surface area contributed by atoms with Gasteiger partial charge in [0.1, 0.15) is 0 Å². The lowest BCUT2D eigenvalue weighted by Crippen LogP contribution is -2.23. The minimum atomic E-state index is -3.01. The Hall–Kier alpha value is -1.18. The molecule has 106 valence electrons. The van der Waals surface area contributed by atoms with E-state index in [1.54, 1.807) is 6.92 Å². The fourth-order valence-corrected chi connectivity index (χ4v) is 2.33. The molecule has 0 saturated carbocycles. The van der Waals surface area contributed by atoms with Crippen LogP contribution in [0.15, 0.2) is 18.2 Å². The largest absolute Gasteiger partial charge is 0.312 e. The van der Waals surface area contributed by atoms with Crippen molar-refractivity contribution in [2.75, 3.05) is 18.1 Å². The highest BCUT2D eigenvalue weighted by Crippen LogP contribution is 2.21. The predicted molar refractivity (Wildman–Crippen MR) is 74.1 cm³/mol. The molecule has 19 heavy (non-hydrogen) atoms. The standard InChI is InChI=1S/C11H15ClN2O4S/c1-2-19(17,18)6-5-13-8-9-7-10(14(15)16)3-4-11(9)12/h3-4,7,13H,2,5-6,8H2,1H3. The molecule has 0 aromatic heterocycles. The number of nitro benzene ring substituents is 1. The van der Waals surface area contributed by atoms with Crippen molar-refractivity contribution in [1.82, 2.24) is 5.32 Å². The summed E-state index contributed by atoms with van der Waals surface area (Å²) in [7, 11) is -3.01. The minimum Gasteiger partial charge on any atom is -0.312 e. The Labute approximate surface area is 116 Å². The summed E-state index contributed by atoms with van der Waals surface area (Å²) in [4.78, 5) is 10.1. The molecule has 0 aliphatic heterocycles. The van der Waals surface area contributed by atoms with E-state index in [0.29, 0.717) is 17.1 Å². The van der Waals surface area contributed by atoms with E-state index >= 15 is 0 Å². The van der Waals surface area contributed by atoms with Crippen molar-refractivity contribution in [2.45, 2.75) is 13.5 Å². The Bertz CT molecular complexity index is 560. The van der Waals surface area contributed by atoms with E-state index in [4.69, 9.17) is 11.6 Å². The lowest BCUT2D eigenvalue weighted by Gasteiger charge is -2.06. The summed E-state index contributed by atoms with van der Waals surface area (Å²) in [6.07, 6.45) is 0. The lowest BCUT2D eigenvalue weighted by molar-refractivity contribution is -0.384. The number of non-ortho nitro benzene ring substituents is 1. The third-order valence-corrected chi connectivity index (χ3v) is 4.66. The molecule has 0 bridgehead atoms. The Balaban J connectivity index is 2.58. The average Bonchev–Trinajstić information content (AvgIpc) is 2.36. The van der Waals surface area contributed by atoms with Gasteiger partial charge in [0.15, 0.2) is 9.84 Å². The quantitative estimate of drug-likeness (QED) is 0.471. The second kappa shape index (κ2) is 6.83. The van der Waals surface area contributed by atoms with Gasteiger partial charge in [0, 0.05) is 36.0 Å². The van der Waals surface area contributed by atoms with E-state index in [1.807, 2.05) is 0 Å². The Morgan fingerprint density at radius 1 is 1.42 bits per heavy atom. The molecule has 6 nitrogen and oxygen atoms in total. The van der Waals surface area contributed by atoms with Gasteiger partial charge in [-0.05, 0) is 11.6 Å². The SMILES string of the molecule is CCS(=O)(=O)CCNCc1cc([N+](=O)[O-])ccc1Cl. The number of hydrogen-bond acceptors (Lipinski definition) is 5. The maximum absolute atomic E-state index is 11.3. The van der Waals surface area contributed by atoms with Crippen LogP contribution in [0, 0.1) is 10.1 Å². The van der Waals surface area contributed by atoms with Crippen molar-refractivity contribution in [3.63, 3.8) is 0 Å². The fraction of sp³-hybridized carbons (Fsp3) is 0.455. The number of hydrogen-bond donors (Lipinski definition) is 1. The molecule has 1 rings (SSSR count). The van der Waals surface area contributed by atoms with E-state index in [0.717, 1.165) is 0 Å². The van der Waals surface area contributed by atoms with Gasteiger partial charge in [-0.2, -0.15) is 0 Å². The molecule has 1 aromatic rings. The number of benzene rings is 1. The molecule has 0 heterocycles. The zero-order valence-electron chi connectivity index (χ0n) is 10.4. The molecule has 0 unspecified atom stereocenters. The number of nitrogens with one attached hydrogen (secondary N) is 1. The monoisotopic (exact) mass is 306 g/mol. The van der Waals surface area contributed by atoms with Crippen molar-refractivity contribution in [3.8, 4) is 0 Å². The summed E-state index contributed by atoms with van der Waals surface area (Å²) in [6.45, 7) is 2.17. The van der Waals surface area contributed by atoms with Crippen molar-refractivity contribution in [2.24, 2.45) is 0 Å². The van der Waals surface area contributed by atoms with Gasteiger partial charge in [-0.25, -0.2) is 8.42 Å². The summed E-state index contributed by atoms with van der Waals surface area (Å²) in [5.74, 6) is 0.141. The number of nitrogens with zero attached hydrogens (tertiary/aromatic N) is 1. The van der Waals surface area contributed by atoms with Crippen LogP contribution in [0.2, 0.25) is 5.02 Å². The van der Waals surface area contributed by atoms with Crippen molar-refractivity contribution in [3.05, 3.63) is 38.9 Å². The van der Waals surface area contributed by atoms with Gasteiger partial charge in [0.05, 0.1) is 10.7 Å². The summed E-state index contributed by atoms with van der Waals surface area (Å²) < 4.78 is 22.5. The van der Waals surface area contributed by atoms with Gasteiger partial charge in [-0.1, -0.05) is 18.5 Å². The van der Waals surface area contributed by atoms with Gasteiger partial charge < -0.3 is 5.32 Å². The third-order valence-electron chi connectivity index (χ3n) is 2.59. The van der Waals surface area contributed by atoms with Crippen LogP contribution < -0.4 is 5.32 Å². The molecule has 0 aliphatic carbocycles. The Morgan fingerprint density at radius 2 is 2.11 bits per heavy atom. The molecule has 0 radical (unpaired) electrons. The smallest absolute Gasteiger partial charge is 0.269 e. The molecule has 0 saturated heterocycles. The first-order valence-corrected chi connectivity index (χ1v) is 7.89. The van der Waals surface area contributed by atoms with Crippen LogP contribution in [0.5, 0.6) is 0 Å². The highest BCUT2D eigenvalue weighted by atomic mass is 35.5. The predicted octanol–water partition coefficient (Wildman–Crippen LogP) is 1.77. The first-order valence-electron chi connectivity index (χ1n) is 5.69. The van der Waals surface area contributed by atoms with Gasteiger partial charge in [-0.15, -0.1) is 0 Å². The molecule has 1 N–H and O–H groups in total. The highest BCUT2D eigenvalue weighted by Gasteiger charge is 2.10. The van der Waals surface area contributed by atoms with Crippen molar-refractivity contribution >= 4 is 27.1 Å². The number of nitro groups is 1. The van der Waals surface area contributed by atoms with Gasteiger partial charge in [0.25, 0.3) is 5.69 Å². The highest BCUT2D eigenvalue weighted by molar-refractivity contribution is 7.91. The van der Waals surface area contributed by atoms with Crippen molar-refractivity contribution < 1.29 is 13.3 Å². The summed E-state index contributed by atoms with van der Waals surface area (Å²) in [6, 6.07) is 4.16. The fourth-order valence-electron chi connectivity index (χ4n) is 1.41. The van der Waals surface area contributed by atoms with Crippen LogP contribution >= 0.6 is 11.6 Å². The first-order chi connectivity index (χ1) is 8.85. The van der Waals surface area contributed by atoms with Crippen LogP contribution in [-0.4, -0.2) is 31.4 Å². The van der Waals surface area contributed by atoms with E-state index < -0.39 is 14.8 Å². The Morgan fingerprint density at radius 3 is 2.68 bits per heavy atom. The molecule has 0 atom stereocenters. The summed E-state index contributed by atoms with van der Waals surface area (Å²) in [5.41, 5.74) is 0.534. The normalized spacial score (nSPS) is 11.5. The molecule has 0 spiro atoms. The average molecular weight is 307 g/mol. The van der Waals surface area contributed by atoms with Gasteiger partial charge in [0.2, 0.25) is 0 Å². The molecule has 8 heteroatoms. The number of rotatable bonds is 7. The van der Waals surface area contributed by atoms with Gasteiger partial charge >= 0.3 is 0 Å². The van der Waals surface area contributed by atoms with E-state index in [2.05, 4.69) is 5.32 Å². The number of sulfone groups is 1. The molecular weight excluding hydrogens is 292 g/mol. The molecule has 0 fully saturated rings. The Kier molecular flexibility index (Phi) is 5.71. The molecular formula is C11H15ClN2O4S. The van der Waals surface area contributed by atoms with Gasteiger partial charge in [-0.3, -0.25) is 10.1 Å². The van der Waals surface area contributed by atoms with Crippen LogP contribution in [0.1, 0.15) is 12.5 Å². The second-order valence-electron chi connectivity index (χ2n) is 3.95. The van der Waals surface area contributed by atoms with E-state index in [9.17, 15) is 18.5 Å². The van der Waals surface area contributed by atoms with Crippen LogP contribution in [0.4, 0.5) is 5.69 Å². The topological polar surface area (TPSA) is 89.3 Å². The summed E-state index contributed by atoms with van der Waals surface area (Å²) >= 11 is 5.92. The van der Waals surface area contributed by atoms with Crippen LogP contribution in [0.3, 0.4) is 0 Å². The zero-order valence-corrected chi connectivity index (χ0v) is 12.0. The maximum atomic E-state index is 11.3. The minimum absolute atomic E-state index is 0.0377. The van der Waals surface area contributed by atoms with E-state index in [1.165, 1.54) is 18.2 Å². The molecule has 1 aromatic carbocycles. The summed E-state index contributed by atoms with van der Waals surface area (Å²) in [5, 5.41) is 14.0. The number of halogens is 1. The van der Waals surface area contributed by atoms with Crippen LogP contribution in [0.25, 0.3) is 0 Å². The lowest BCUT2D eigenvalue weighted by atomic mass is 10.2. The van der Waals surface area contributed by atoms with Crippen molar-refractivity contribution in [1.29, 1.82) is 0 Å². The maximum Gasteiger partial charge on any atom is 0.269 e.